The molecule has 0 N–H and O–H groups in total. The van der Waals surface area contributed by atoms with Crippen molar-refractivity contribution in [2.75, 3.05) is 25.4 Å². The summed E-state index contributed by atoms with van der Waals surface area (Å²) in [5.74, 6) is 1.10. The second-order valence-corrected chi connectivity index (χ2v) is 7.17. The number of aryl methyl sites for hydroxylation is 1. The molecule has 0 atom stereocenters. The molecule has 0 bridgehead atoms. The van der Waals surface area contributed by atoms with Crippen molar-refractivity contribution in [2.45, 2.75) is 37.6 Å². The monoisotopic (exact) mass is 327 g/mol. The molecule has 0 saturated carbocycles. The minimum absolute atomic E-state index is 0.952. The summed E-state index contributed by atoms with van der Waals surface area (Å²) in [4.78, 5) is 2.56. The largest absolute Gasteiger partial charge is 0.303 e. The Morgan fingerprint density at radius 2 is 1.74 bits per heavy atom. The Balaban J connectivity index is 1.51. The van der Waals surface area contributed by atoms with E-state index in [9.17, 15) is 0 Å². The minimum Gasteiger partial charge on any atom is -0.303 e. The van der Waals surface area contributed by atoms with E-state index in [4.69, 9.17) is 0 Å². The van der Waals surface area contributed by atoms with Crippen molar-refractivity contribution in [3.8, 4) is 11.3 Å². The SMILES string of the molecule is CCc1ccc(-c2ccc(SCCN3CCCCC3)nn2)cc1. The molecular formula is C19H25N3S. The highest BCUT2D eigenvalue weighted by Crippen LogP contribution is 2.21. The summed E-state index contributed by atoms with van der Waals surface area (Å²) in [6, 6.07) is 12.8. The maximum Gasteiger partial charge on any atom is 0.119 e. The lowest BCUT2D eigenvalue weighted by Gasteiger charge is -2.25. The third-order valence-corrected chi connectivity index (χ3v) is 5.30. The van der Waals surface area contributed by atoms with Crippen LogP contribution in [0.3, 0.4) is 0 Å². The van der Waals surface area contributed by atoms with Crippen LogP contribution in [0.5, 0.6) is 0 Å². The Kier molecular flexibility index (Phi) is 6.06. The highest BCUT2D eigenvalue weighted by molar-refractivity contribution is 7.99. The molecule has 122 valence electrons. The molecule has 3 rings (SSSR count). The number of nitrogens with zero attached hydrogens (tertiary/aromatic N) is 3. The number of rotatable bonds is 6. The summed E-state index contributed by atoms with van der Waals surface area (Å²) in [5.41, 5.74) is 3.44. The minimum atomic E-state index is 0.952. The molecule has 1 aromatic carbocycles. The van der Waals surface area contributed by atoms with Gasteiger partial charge in [-0.1, -0.05) is 37.6 Å². The number of likely N-dealkylation sites (tertiary alicyclic amines) is 1. The number of thioether (sulfide) groups is 1. The van der Waals surface area contributed by atoms with Crippen LogP contribution in [0.2, 0.25) is 0 Å². The second kappa shape index (κ2) is 8.46. The van der Waals surface area contributed by atoms with E-state index in [1.807, 2.05) is 11.8 Å². The lowest BCUT2D eigenvalue weighted by molar-refractivity contribution is 0.242. The Hall–Kier alpha value is -1.39. The lowest BCUT2D eigenvalue weighted by atomic mass is 10.1. The van der Waals surface area contributed by atoms with Gasteiger partial charge in [-0.15, -0.1) is 22.0 Å². The number of hydrogen-bond acceptors (Lipinski definition) is 4. The standard InChI is InChI=1S/C19H25N3S/c1-2-16-6-8-17(9-7-16)18-10-11-19(21-20-18)23-15-14-22-12-4-3-5-13-22/h6-11H,2-5,12-15H2,1H3. The zero-order valence-corrected chi connectivity index (χ0v) is 14.7. The van der Waals surface area contributed by atoms with Crippen LogP contribution in [0.1, 0.15) is 31.7 Å². The number of piperidine rings is 1. The maximum absolute atomic E-state index is 4.39. The number of benzene rings is 1. The van der Waals surface area contributed by atoms with Gasteiger partial charge in [0.15, 0.2) is 0 Å². The van der Waals surface area contributed by atoms with E-state index >= 15 is 0 Å². The van der Waals surface area contributed by atoms with E-state index in [1.165, 1.54) is 37.9 Å². The van der Waals surface area contributed by atoms with E-state index in [0.29, 0.717) is 0 Å². The fourth-order valence-corrected chi connectivity index (χ4v) is 3.75. The van der Waals surface area contributed by atoms with Gasteiger partial charge in [-0.3, -0.25) is 0 Å². The summed E-state index contributed by atoms with van der Waals surface area (Å²) in [6.45, 7) is 5.86. The van der Waals surface area contributed by atoms with Gasteiger partial charge in [0.1, 0.15) is 5.03 Å². The molecule has 3 nitrogen and oxygen atoms in total. The molecule has 2 aromatic rings. The van der Waals surface area contributed by atoms with Crippen LogP contribution in [0.4, 0.5) is 0 Å². The second-order valence-electron chi connectivity index (χ2n) is 6.06. The molecule has 1 aliphatic heterocycles. The first-order valence-corrected chi connectivity index (χ1v) is 9.62. The fraction of sp³-hybridized carbons (Fsp3) is 0.474. The highest BCUT2D eigenvalue weighted by Gasteiger charge is 2.09. The molecule has 0 radical (unpaired) electrons. The summed E-state index contributed by atoms with van der Waals surface area (Å²) >= 11 is 1.81. The zero-order chi connectivity index (χ0) is 15.9. The van der Waals surface area contributed by atoms with Crippen LogP contribution in [0, 0.1) is 0 Å². The van der Waals surface area contributed by atoms with Crippen LogP contribution >= 0.6 is 11.8 Å². The molecule has 1 saturated heterocycles. The molecule has 1 aliphatic rings. The van der Waals surface area contributed by atoms with Crippen molar-refractivity contribution in [1.29, 1.82) is 0 Å². The van der Waals surface area contributed by atoms with E-state index in [-0.39, 0.29) is 0 Å². The molecule has 1 fully saturated rings. The Morgan fingerprint density at radius 3 is 2.39 bits per heavy atom. The van der Waals surface area contributed by atoms with Crippen LogP contribution in [-0.2, 0) is 6.42 Å². The topological polar surface area (TPSA) is 29.0 Å². The third kappa shape index (κ3) is 4.79. The van der Waals surface area contributed by atoms with Gasteiger partial charge in [-0.05, 0) is 50.0 Å². The van der Waals surface area contributed by atoms with Crippen molar-refractivity contribution >= 4 is 11.8 Å². The fourth-order valence-electron chi connectivity index (χ4n) is 2.92. The highest BCUT2D eigenvalue weighted by atomic mass is 32.2. The van der Waals surface area contributed by atoms with Gasteiger partial charge in [0.2, 0.25) is 0 Å². The average molecular weight is 327 g/mol. The van der Waals surface area contributed by atoms with Gasteiger partial charge < -0.3 is 4.90 Å². The first kappa shape index (κ1) is 16.5. The van der Waals surface area contributed by atoms with Gasteiger partial charge >= 0.3 is 0 Å². The molecule has 0 aliphatic carbocycles. The normalized spacial score (nSPS) is 15.7. The molecule has 0 amide bonds. The number of hydrogen-bond donors (Lipinski definition) is 0. The molecule has 0 unspecified atom stereocenters. The molecular weight excluding hydrogens is 302 g/mol. The summed E-state index contributed by atoms with van der Waals surface area (Å²) in [5, 5.41) is 9.78. The van der Waals surface area contributed by atoms with Crippen molar-refractivity contribution in [3.63, 3.8) is 0 Å². The zero-order valence-electron chi connectivity index (χ0n) is 13.9. The van der Waals surface area contributed by atoms with E-state index < -0.39 is 0 Å². The van der Waals surface area contributed by atoms with Gasteiger partial charge in [0.25, 0.3) is 0 Å². The van der Waals surface area contributed by atoms with Crippen molar-refractivity contribution in [2.24, 2.45) is 0 Å². The third-order valence-electron chi connectivity index (χ3n) is 4.40. The molecule has 23 heavy (non-hydrogen) atoms. The van der Waals surface area contributed by atoms with Crippen LogP contribution in [0.15, 0.2) is 41.4 Å². The lowest BCUT2D eigenvalue weighted by Crippen LogP contribution is -2.31. The molecule has 4 heteroatoms. The van der Waals surface area contributed by atoms with Crippen molar-refractivity contribution in [3.05, 3.63) is 42.0 Å². The first-order chi connectivity index (χ1) is 11.3. The van der Waals surface area contributed by atoms with Gasteiger partial charge in [-0.2, -0.15) is 0 Å². The van der Waals surface area contributed by atoms with Crippen molar-refractivity contribution < 1.29 is 0 Å². The predicted octanol–water partition coefficient (Wildman–Crippen LogP) is 4.28. The predicted molar refractivity (Wildman–Crippen MR) is 97.9 cm³/mol. The summed E-state index contributed by atoms with van der Waals surface area (Å²) in [7, 11) is 0. The maximum atomic E-state index is 4.39. The average Bonchev–Trinajstić information content (AvgIpc) is 2.63. The summed E-state index contributed by atoms with van der Waals surface area (Å²) in [6.07, 6.45) is 5.18. The smallest absolute Gasteiger partial charge is 0.119 e. The van der Waals surface area contributed by atoms with E-state index in [1.54, 1.807) is 0 Å². The van der Waals surface area contributed by atoms with Gasteiger partial charge in [-0.25, -0.2) is 0 Å². The molecule has 2 heterocycles. The van der Waals surface area contributed by atoms with E-state index in [0.717, 1.165) is 35.0 Å². The van der Waals surface area contributed by atoms with Crippen LogP contribution in [0.25, 0.3) is 11.3 Å². The van der Waals surface area contributed by atoms with Crippen molar-refractivity contribution in [1.82, 2.24) is 15.1 Å². The Labute approximate surface area is 143 Å². The van der Waals surface area contributed by atoms with Gasteiger partial charge in [0, 0.05) is 17.9 Å². The van der Waals surface area contributed by atoms with Crippen LogP contribution < -0.4 is 0 Å². The number of aromatic nitrogens is 2. The van der Waals surface area contributed by atoms with Crippen LogP contribution in [-0.4, -0.2) is 40.5 Å². The first-order valence-electron chi connectivity index (χ1n) is 8.63. The summed E-state index contributed by atoms with van der Waals surface area (Å²) < 4.78 is 0. The van der Waals surface area contributed by atoms with Gasteiger partial charge in [0.05, 0.1) is 5.69 Å². The molecule has 0 spiro atoms. The molecule has 1 aromatic heterocycles. The van der Waals surface area contributed by atoms with E-state index in [2.05, 4.69) is 58.4 Å². The Morgan fingerprint density at radius 1 is 0.957 bits per heavy atom. The quantitative estimate of drug-likeness (QED) is 0.740. The Bertz CT molecular complexity index is 589.